The number of amides is 1. The molecule has 0 spiro atoms. The molecule has 1 fully saturated rings. The number of nitrogens with zero attached hydrogens (tertiary/aromatic N) is 1. The highest BCUT2D eigenvalue weighted by Gasteiger charge is 2.30. The van der Waals surface area contributed by atoms with E-state index in [0.717, 1.165) is 30.7 Å². The van der Waals surface area contributed by atoms with Gasteiger partial charge in [-0.15, -0.1) is 0 Å². The Labute approximate surface area is 156 Å². The van der Waals surface area contributed by atoms with E-state index in [1.165, 1.54) is 0 Å². The van der Waals surface area contributed by atoms with Crippen molar-refractivity contribution in [1.29, 1.82) is 0 Å². The van der Waals surface area contributed by atoms with Crippen LogP contribution in [0.1, 0.15) is 58.9 Å². The molecule has 1 aliphatic heterocycles. The summed E-state index contributed by atoms with van der Waals surface area (Å²) < 4.78 is 11.0. The van der Waals surface area contributed by atoms with Gasteiger partial charge in [0.2, 0.25) is 5.91 Å². The van der Waals surface area contributed by atoms with E-state index in [4.69, 9.17) is 9.47 Å². The molecular formula is C21H31NO4. The van der Waals surface area contributed by atoms with Crippen molar-refractivity contribution in [3.63, 3.8) is 0 Å². The van der Waals surface area contributed by atoms with Gasteiger partial charge in [0.05, 0.1) is 19.1 Å². The highest BCUT2D eigenvalue weighted by Crippen LogP contribution is 2.31. The number of carbonyl (C=O) groups is 2. The molecule has 1 aromatic rings. The molecule has 26 heavy (non-hydrogen) atoms. The number of ether oxygens (including phenoxy) is 2. The Morgan fingerprint density at radius 2 is 1.92 bits per heavy atom. The quantitative estimate of drug-likeness (QED) is 0.695. The summed E-state index contributed by atoms with van der Waals surface area (Å²) in [6.45, 7) is 9.82. The van der Waals surface area contributed by atoms with E-state index in [9.17, 15) is 9.59 Å². The van der Waals surface area contributed by atoms with Crippen LogP contribution in [0.4, 0.5) is 0 Å². The van der Waals surface area contributed by atoms with E-state index in [-0.39, 0.29) is 36.2 Å². The number of benzene rings is 1. The van der Waals surface area contributed by atoms with Crippen LogP contribution in [-0.4, -0.2) is 42.6 Å². The molecule has 0 radical (unpaired) electrons. The average molecular weight is 361 g/mol. The largest absolute Gasteiger partial charge is 0.491 e. The van der Waals surface area contributed by atoms with Crippen molar-refractivity contribution in [3.8, 4) is 5.75 Å². The topological polar surface area (TPSA) is 55.8 Å². The van der Waals surface area contributed by atoms with Crippen molar-refractivity contribution in [2.45, 2.75) is 64.8 Å². The first kappa shape index (κ1) is 20.3. The van der Waals surface area contributed by atoms with E-state index in [1.54, 1.807) is 6.92 Å². The lowest BCUT2D eigenvalue weighted by Gasteiger charge is -2.27. The minimum absolute atomic E-state index is 0.00140. The summed E-state index contributed by atoms with van der Waals surface area (Å²) in [5, 5.41) is 0. The van der Waals surface area contributed by atoms with Gasteiger partial charge in [-0.2, -0.15) is 0 Å². The molecule has 2 rings (SSSR count). The van der Waals surface area contributed by atoms with Gasteiger partial charge in [-0.05, 0) is 36.8 Å². The molecule has 1 unspecified atom stereocenters. The summed E-state index contributed by atoms with van der Waals surface area (Å²) in [6, 6.07) is 8.14. The lowest BCUT2D eigenvalue weighted by atomic mass is 9.86. The third kappa shape index (κ3) is 5.48. The fourth-order valence-corrected chi connectivity index (χ4v) is 3.32. The van der Waals surface area contributed by atoms with E-state index >= 15 is 0 Å². The van der Waals surface area contributed by atoms with Gasteiger partial charge < -0.3 is 14.4 Å². The maximum absolute atomic E-state index is 12.5. The van der Waals surface area contributed by atoms with Crippen LogP contribution >= 0.6 is 0 Å². The van der Waals surface area contributed by atoms with Gasteiger partial charge in [-0.3, -0.25) is 9.59 Å². The molecule has 0 aromatic heterocycles. The molecule has 0 N–H and O–H groups in total. The molecule has 0 bridgehead atoms. The molecule has 0 saturated carbocycles. The zero-order valence-electron chi connectivity index (χ0n) is 16.4. The lowest BCUT2D eigenvalue weighted by Crippen LogP contribution is -2.39. The van der Waals surface area contributed by atoms with Crippen molar-refractivity contribution in [2.75, 3.05) is 19.8 Å². The van der Waals surface area contributed by atoms with E-state index < -0.39 is 0 Å². The highest BCUT2D eigenvalue weighted by molar-refractivity contribution is 5.81. The van der Waals surface area contributed by atoms with E-state index in [1.807, 2.05) is 23.1 Å². The number of rotatable bonds is 7. The maximum Gasteiger partial charge on any atom is 0.306 e. The van der Waals surface area contributed by atoms with Crippen LogP contribution in [0.2, 0.25) is 0 Å². The average Bonchev–Trinajstić information content (AvgIpc) is 3.06. The molecule has 1 atom stereocenters. The second-order valence-corrected chi connectivity index (χ2v) is 7.75. The molecule has 144 valence electrons. The summed E-state index contributed by atoms with van der Waals surface area (Å²) in [6.07, 6.45) is 2.25. The predicted octanol–water partition coefficient (Wildman–Crippen LogP) is 3.70. The number of likely N-dealkylation sites (tertiary alicyclic amines) is 1. The summed E-state index contributed by atoms with van der Waals surface area (Å²) >= 11 is 0. The minimum Gasteiger partial charge on any atom is -0.491 e. The van der Waals surface area contributed by atoms with Crippen molar-refractivity contribution in [3.05, 3.63) is 29.8 Å². The van der Waals surface area contributed by atoms with Crippen LogP contribution in [0.15, 0.2) is 24.3 Å². The fourth-order valence-electron chi connectivity index (χ4n) is 3.32. The lowest BCUT2D eigenvalue weighted by molar-refractivity contribution is -0.146. The van der Waals surface area contributed by atoms with Crippen molar-refractivity contribution in [1.82, 2.24) is 4.90 Å². The molecule has 5 nitrogen and oxygen atoms in total. The van der Waals surface area contributed by atoms with Gasteiger partial charge in [0.15, 0.2) is 0 Å². The molecule has 1 aliphatic rings. The van der Waals surface area contributed by atoms with Crippen molar-refractivity contribution in [2.24, 2.45) is 0 Å². The van der Waals surface area contributed by atoms with Crippen LogP contribution in [0, 0.1) is 0 Å². The normalized spacial score (nSPS) is 17.2. The van der Waals surface area contributed by atoms with Gasteiger partial charge in [-0.25, -0.2) is 0 Å². The van der Waals surface area contributed by atoms with Crippen LogP contribution < -0.4 is 4.74 Å². The van der Waals surface area contributed by atoms with Crippen molar-refractivity contribution >= 4 is 11.9 Å². The number of para-hydroxylation sites is 1. The fraction of sp³-hybridized carbons (Fsp3) is 0.619. The van der Waals surface area contributed by atoms with Gasteiger partial charge >= 0.3 is 5.97 Å². The van der Waals surface area contributed by atoms with Crippen LogP contribution in [0.5, 0.6) is 5.75 Å². The monoisotopic (exact) mass is 361 g/mol. The Kier molecular flexibility index (Phi) is 7.06. The van der Waals surface area contributed by atoms with E-state index in [2.05, 4.69) is 26.8 Å². The van der Waals surface area contributed by atoms with Crippen LogP contribution in [0.3, 0.4) is 0 Å². The number of hydrogen-bond acceptors (Lipinski definition) is 4. The molecule has 5 heteroatoms. The molecule has 1 amide bonds. The van der Waals surface area contributed by atoms with Gasteiger partial charge in [-0.1, -0.05) is 39.0 Å². The molecule has 1 heterocycles. The second-order valence-electron chi connectivity index (χ2n) is 7.75. The third-order valence-corrected chi connectivity index (χ3v) is 4.67. The SMILES string of the molecule is CCOC(=O)CCC(=O)N1CCCC1COc1ccccc1C(C)(C)C. The van der Waals surface area contributed by atoms with Gasteiger partial charge in [0.1, 0.15) is 12.4 Å². The van der Waals surface area contributed by atoms with Gasteiger partial charge in [0.25, 0.3) is 0 Å². The first-order chi connectivity index (χ1) is 12.3. The third-order valence-electron chi connectivity index (χ3n) is 4.67. The Hall–Kier alpha value is -2.04. The minimum atomic E-state index is -0.313. The molecule has 1 saturated heterocycles. The Bertz CT molecular complexity index is 621. The first-order valence-corrected chi connectivity index (χ1v) is 9.50. The zero-order valence-corrected chi connectivity index (χ0v) is 16.4. The van der Waals surface area contributed by atoms with Crippen LogP contribution in [0.25, 0.3) is 0 Å². The Balaban J connectivity index is 1.93. The summed E-state index contributed by atoms with van der Waals surface area (Å²) in [7, 11) is 0. The number of carbonyl (C=O) groups excluding carboxylic acids is 2. The van der Waals surface area contributed by atoms with Gasteiger partial charge in [0, 0.05) is 13.0 Å². The zero-order chi connectivity index (χ0) is 19.2. The molecular weight excluding hydrogens is 330 g/mol. The maximum atomic E-state index is 12.5. The summed E-state index contributed by atoms with van der Waals surface area (Å²) in [5.74, 6) is 0.575. The highest BCUT2D eigenvalue weighted by atomic mass is 16.5. The summed E-state index contributed by atoms with van der Waals surface area (Å²) in [5.41, 5.74) is 1.17. The smallest absolute Gasteiger partial charge is 0.306 e. The number of hydrogen-bond donors (Lipinski definition) is 0. The second kappa shape index (κ2) is 9.06. The standard InChI is InChI=1S/C21H31NO4/c1-5-25-20(24)13-12-19(23)22-14-8-9-16(22)15-26-18-11-7-6-10-17(18)21(2,3)4/h6-7,10-11,16H,5,8-9,12-15H2,1-4H3. The molecule has 1 aromatic carbocycles. The Morgan fingerprint density at radius 1 is 1.19 bits per heavy atom. The Morgan fingerprint density at radius 3 is 2.62 bits per heavy atom. The summed E-state index contributed by atoms with van der Waals surface area (Å²) in [4.78, 5) is 25.8. The van der Waals surface area contributed by atoms with Crippen molar-refractivity contribution < 1.29 is 19.1 Å². The van der Waals surface area contributed by atoms with Crippen LogP contribution in [-0.2, 0) is 19.7 Å². The first-order valence-electron chi connectivity index (χ1n) is 9.50. The number of esters is 1. The van der Waals surface area contributed by atoms with E-state index in [0.29, 0.717) is 13.2 Å². The predicted molar refractivity (Wildman–Crippen MR) is 101 cm³/mol. The molecule has 0 aliphatic carbocycles.